The van der Waals surface area contributed by atoms with Crippen LogP contribution in [-0.2, 0) is 17.6 Å². The molecule has 0 aliphatic rings. The van der Waals surface area contributed by atoms with Crippen LogP contribution in [0.15, 0.2) is 42.0 Å². The fourth-order valence-corrected chi connectivity index (χ4v) is 2.89. The van der Waals surface area contributed by atoms with Gasteiger partial charge in [-0.05, 0) is 12.5 Å². The van der Waals surface area contributed by atoms with E-state index in [0.717, 1.165) is 16.2 Å². The minimum atomic E-state index is 0.205. The number of thiazole rings is 1. The summed E-state index contributed by atoms with van der Waals surface area (Å²) in [4.78, 5) is 17.4. The van der Waals surface area contributed by atoms with E-state index in [1.165, 1.54) is 5.56 Å². The minimum Gasteiger partial charge on any atom is -0.299 e. The second-order valence-corrected chi connectivity index (χ2v) is 5.58. The summed E-state index contributed by atoms with van der Waals surface area (Å²) < 4.78 is 1.96. The molecule has 0 radical (unpaired) electrons. The average molecular weight is 270 g/mol. The molecule has 0 unspecified atom stereocenters. The molecule has 3 rings (SSSR count). The number of aryl methyl sites for hydroxylation is 1. The summed E-state index contributed by atoms with van der Waals surface area (Å²) in [7, 11) is 0. The highest BCUT2D eigenvalue weighted by Gasteiger charge is 2.09. The van der Waals surface area contributed by atoms with Crippen molar-refractivity contribution in [2.24, 2.45) is 0 Å². The van der Waals surface area contributed by atoms with Gasteiger partial charge in [0.05, 0.1) is 12.1 Å². The van der Waals surface area contributed by atoms with Crippen LogP contribution in [0.2, 0.25) is 0 Å². The highest BCUT2D eigenvalue weighted by molar-refractivity contribution is 7.15. The van der Waals surface area contributed by atoms with E-state index in [1.807, 2.05) is 47.3 Å². The van der Waals surface area contributed by atoms with Gasteiger partial charge in [0.2, 0.25) is 0 Å². The highest BCUT2D eigenvalue weighted by atomic mass is 32.1. The lowest BCUT2D eigenvalue weighted by atomic mass is 10.0. The topological polar surface area (TPSA) is 34.4 Å². The van der Waals surface area contributed by atoms with Crippen molar-refractivity contribution in [3.63, 3.8) is 0 Å². The van der Waals surface area contributed by atoms with Crippen LogP contribution < -0.4 is 0 Å². The Morgan fingerprint density at radius 2 is 2.26 bits per heavy atom. The monoisotopic (exact) mass is 270 g/mol. The first-order valence-electron chi connectivity index (χ1n) is 6.19. The summed E-state index contributed by atoms with van der Waals surface area (Å²) in [5.41, 5.74) is 3.11. The maximum atomic E-state index is 12.0. The van der Waals surface area contributed by atoms with Crippen LogP contribution in [0.25, 0.3) is 4.96 Å². The average Bonchev–Trinajstić information content (AvgIpc) is 2.89. The number of hydrogen-bond donors (Lipinski definition) is 0. The van der Waals surface area contributed by atoms with E-state index in [2.05, 4.69) is 11.1 Å². The van der Waals surface area contributed by atoms with Gasteiger partial charge in [0.25, 0.3) is 0 Å². The van der Waals surface area contributed by atoms with Gasteiger partial charge >= 0.3 is 0 Å². The van der Waals surface area contributed by atoms with E-state index in [0.29, 0.717) is 12.8 Å². The lowest BCUT2D eigenvalue weighted by Gasteiger charge is -2.01. The number of imidazole rings is 1. The van der Waals surface area contributed by atoms with Gasteiger partial charge < -0.3 is 0 Å². The highest BCUT2D eigenvalue weighted by Crippen LogP contribution is 2.13. The number of rotatable bonds is 4. The van der Waals surface area contributed by atoms with Gasteiger partial charge in [-0.15, -0.1) is 11.3 Å². The minimum absolute atomic E-state index is 0.205. The molecular formula is C15H14N2OS. The molecule has 19 heavy (non-hydrogen) atoms. The van der Waals surface area contributed by atoms with Gasteiger partial charge in [0.15, 0.2) is 4.96 Å². The van der Waals surface area contributed by atoms with Gasteiger partial charge in [0.1, 0.15) is 5.78 Å². The molecule has 3 aromatic rings. The fourth-order valence-electron chi connectivity index (χ4n) is 2.18. The Hall–Kier alpha value is -1.94. The number of carbonyl (C=O) groups excluding carboxylic acids is 1. The molecule has 0 bridgehead atoms. The van der Waals surface area contributed by atoms with Crippen molar-refractivity contribution in [2.45, 2.75) is 19.8 Å². The summed E-state index contributed by atoms with van der Waals surface area (Å²) in [6.45, 7) is 2.04. The van der Waals surface area contributed by atoms with Crippen molar-refractivity contribution in [1.29, 1.82) is 0 Å². The first kappa shape index (κ1) is 12.1. The fraction of sp³-hybridized carbons (Fsp3) is 0.200. The standard InChI is InChI=1S/C15H14N2OS/c1-11-3-2-4-12(7-11)8-14(18)9-13-10-17-5-6-19-15(17)16-13/h2-7,10H,8-9H2,1H3. The Morgan fingerprint density at radius 1 is 1.37 bits per heavy atom. The number of aromatic nitrogens is 2. The summed E-state index contributed by atoms with van der Waals surface area (Å²) in [6, 6.07) is 8.09. The zero-order chi connectivity index (χ0) is 13.2. The Labute approximate surface area is 115 Å². The maximum Gasteiger partial charge on any atom is 0.193 e. The number of fused-ring (bicyclic) bond motifs is 1. The zero-order valence-corrected chi connectivity index (χ0v) is 11.5. The molecule has 0 fully saturated rings. The van der Waals surface area contributed by atoms with Gasteiger partial charge in [-0.25, -0.2) is 4.98 Å². The molecule has 0 saturated carbocycles. The first-order chi connectivity index (χ1) is 9.20. The van der Waals surface area contributed by atoms with E-state index < -0.39 is 0 Å². The number of ketones is 1. The Morgan fingerprint density at radius 3 is 3.05 bits per heavy atom. The van der Waals surface area contributed by atoms with Crippen molar-refractivity contribution >= 4 is 22.1 Å². The van der Waals surface area contributed by atoms with Crippen molar-refractivity contribution in [1.82, 2.24) is 9.38 Å². The van der Waals surface area contributed by atoms with Crippen LogP contribution >= 0.6 is 11.3 Å². The van der Waals surface area contributed by atoms with Crippen LogP contribution in [0.4, 0.5) is 0 Å². The molecule has 0 amide bonds. The summed E-state index contributed by atoms with van der Waals surface area (Å²) in [6.07, 6.45) is 4.77. The maximum absolute atomic E-state index is 12.0. The zero-order valence-electron chi connectivity index (χ0n) is 10.7. The number of benzene rings is 1. The number of nitrogens with zero attached hydrogens (tertiary/aromatic N) is 2. The molecule has 3 nitrogen and oxygen atoms in total. The van der Waals surface area contributed by atoms with Crippen LogP contribution in [0.1, 0.15) is 16.8 Å². The molecule has 0 atom stereocenters. The summed E-state index contributed by atoms with van der Waals surface area (Å²) in [5.74, 6) is 0.205. The SMILES string of the molecule is Cc1cccc(CC(=O)Cc2cn3ccsc3n2)c1. The largest absolute Gasteiger partial charge is 0.299 e. The smallest absolute Gasteiger partial charge is 0.193 e. The molecule has 0 aliphatic carbocycles. The molecule has 1 aromatic carbocycles. The molecule has 2 aromatic heterocycles. The summed E-state index contributed by atoms with van der Waals surface area (Å²) in [5, 5.41) is 1.99. The van der Waals surface area contributed by atoms with Crippen molar-refractivity contribution in [2.75, 3.05) is 0 Å². The number of carbonyl (C=O) groups is 1. The lowest BCUT2D eigenvalue weighted by molar-refractivity contribution is -0.117. The van der Waals surface area contributed by atoms with Gasteiger partial charge in [0, 0.05) is 24.2 Å². The second-order valence-electron chi connectivity index (χ2n) is 4.71. The predicted molar refractivity (Wildman–Crippen MR) is 76.7 cm³/mol. The van der Waals surface area contributed by atoms with Crippen LogP contribution in [-0.4, -0.2) is 15.2 Å². The van der Waals surface area contributed by atoms with Crippen LogP contribution in [0.3, 0.4) is 0 Å². The number of Topliss-reactive ketones (excluding diaryl/α,β-unsaturated/α-hetero) is 1. The molecule has 96 valence electrons. The number of hydrogen-bond acceptors (Lipinski definition) is 3. The lowest BCUT2D eigenvalue weighted by Crippen LogP contribution is -2.06. The third-order valence-corrected chi connectivity index (χ3v) is 3.78. The van der Waals surface area contributed by atoms with Crippen molar-refractivity contribution in [3.05, 3.63) is 58.9 Å². The Kier molecular flexibility index (Phi) is 3.17. The van der Waals surface area contributed by atoms with Crippen molar-refractivity contribution in [3.8, 4) is 0 Å². The van der Waals surface area contributed by atoms with Gasteiger partial charge in [-0.1, -0.05) is 29.8 Å². The Balaban J connectivity index is 1.69. The first-order valence-corrected chi connectivity index (χ1v) is 7.07. The van der Waals surface area contributed by atoms with Gasteiger partial charge in [-0.3, -0.25) is 9.20 Å². The predicted octanol–water partition coefficient (Wildman–Crippen LogP) is 3.06. The molecule has 0 aliphatic heterocycles. The van der Waals surface area contributed by atoms with Gasteiger partial charge in [-0.2, -0.15) is 0 Å². The molecule has 0 N–H and O–H groups in total. The van der Waals surface area contributed by atoms with E-state index in [4.69, 9.17) is 0 Å². The van der Waals surface area contributed by atoms with Crippen LogP contribution in [0, 0.1) is 6.92 Å². The summed E-state index contributed by atoms with van der Waals surface area (Å²) >= 11 is 1.58. The van der Waals surface area contributed by atoms with E-state index in [-0.39, 0.29) is 5.78 Å². The third-order valence-electron chi connectivity index (χ3n) is 3.01. The molecule has 4 heteroatoms. The molecule has 0 spiro atoms. The molecule has 0 saturated heterocycles. The Bertz CT molecular complexity index is 698. The third kappa shape index (κ3) is 2.74. The van der Waals surface area contributed by atoms with E-state index in [1.54, 1.807) is 11.3 Å². The second kappa shape index (κ2) is 4.97. The van der Waals surface area contributed by atoms with E-state index >= 15 is 0 Å². The molecular weight excluding hydrogens is 256 g/mol. The van der Waals surface area contributed by atoms with Crippen LogP contribution in [0.5, 0.6) is 0 Å². The van der Waals surface area contributed by atoms with Crippen molar-refractivity contribution < 1.29 is 4.79 Å². The normalized spacial score (nSPS) is 11.0. The van der Waals surface area contributed by atoms with E-state index in [9.17, 15) is 4.79 Å². The molecule has 2 heterocycles. The quantitative estimate of drug-likeness (QED) is 0.730.